The molecule has 0 radical (unpaired) electrons. The molecule has 0 saturated carbocycles. The van der Waals surface area contributed by atoms with Crippen LogP contribution in [0.25, 0.3) is 5.65 Å². The van der Waals surface area contributed by atoms with E-state index in [1.807, 2.05) is 4.40 Å². The van der Waals surface area contributed by atoms with E-state index in [4.69, 9.17) is 0 Å². The van der Waals surface area contributed by atoms with E-state index in [-0.39, 0.29) is 10.8 Å². The van der Waals surface area contributed by atoms with Crippen LogP contribution in [-0.4, -0.2) is 21.1 Å². The van der Waals surface area contributed by atoms with Gasteiger partial charge >= 0.3 is 0 Å². The van der Waals surface area contributed by atoms with Gasteiger partial charge in [0.2, 0.25) is 0 Å². The zero-order chi connectivity index (χ0) is 18.5. The molecule has 1 N–H and O–H groups in total. The third kappa shape index (κ3) is 2.98. The summed E-state index contributed by atoms with van der Waals surface area (Å²) in [5.74, 6) is 0. The molecule has 0 aliphatic carbocycles. The van der Waals surface area contributed by atoms with Gasteiger partial charge in [-0.2, -0.15) is 0 Å². The van der Waals surface area contributed by atoms with Crippen molar-refractivity contribution in [3.05, 3.63) is 59.0 Å². The smallest absolute Gasteiger partial charge is 0.160 e. The van der Waals surface area contributed by atoms with E-state index in [0.29, 0.717) is 0 Å². The second kappa shape index (κ2) is 5.83. The summed E-state index contributed by atoms with van der Waals surface area (Å²) in [5.41, 5.74) is 8.04. The number of benzene rings is 1. The van der Waals surface area contributed by atoms with Crippen molar-refractivity contribution < 1.29 is 0 Å². The predicted molar refractivity (Wildman–Crippen MR) is 107 cm³/mol. The molecule has 0 amide bonds. The summed E-state index contributed by atoms with van der Waals surface area (Å²) >= 11 is 0. The number of anilines is 1. The Morgan fingerprint density at radius 1 is 1.12 bits per heavy atom. The number of hydrogen-bond acceptors (Lipinski definition) is 3. The van der Waals surface area contributed by atoms with Gasteiger partial charge in [0.05, 0.1) is 0 Å². The maximum atomic E-state index is 4.21. The number of nitrogens with one attached hydrogen (secondary N) is 1. The monoisotopic (exact) mass is 348 g/mol. The van der Waals surface area contributed by atoms with Crippen molar-refractivity contribution in [2.45, 2.75) is 58.3 Å². The van der Waals surface area contributed by atoms with Gasteiger partial charge in [0.1, 0.15) is 6.33 Å². The second-order valence-electron chi connectivity index (χ2n) is 9.17. The maximum absolute atomic E-state index is 4.21. The Labute approximate surface area is 155 Å². The molecule has 0 unspecified atom stereocenters. The minimum absolute atomic E-state index is 0.0218. The topological polar surface area (TPSA) is 42.2 Å². The highest BCUT2D eigenvalue weighted by Gasteiger charge is 2.28. The van der Waals surface area contributed by atoms with Crippen LogP contribution in [-0.2, 0) is 23.7 Å². The minimum atomic E-state index is 0.0218. The van der Waals surface area contributed by atoms with Crippen molar-refractivity contribution >= 4 is 11.3 Å². The van der Waals surface area contributed by atoms with Gasteiger partial charge in [-0.3, -0.25) is 4.40 Å². The van der Waals surface area contributed by atoms with Gasteiger partial charge in [0.15, 0.2) is 5.65 Å². The van der Waals surface area contributed by atoms with Crippen LogP contribution in [0.15, 0.2) is 36.8 Å². The average molecular weight is 348 g/mol. The lowest BCUT2D eigenvalue weighted by atomic mass is 9.74. The van der Waals surface area contributed by atoms with Crippen LogP contribution in [0.1, 0.15) is 56.9 Å². The van der Waals surface area contributed by atoms with Crippen molar-refractivity contribution in [1.82, 2.24) is 14.6 Å². The third-order valence-corrected chi connectivity index (χ3v) is 5.56. The van der Waals surface area contributed by atoms with E-state index in [1.54, 1.807) is 6.33 Å². The van der Waals surface area contributed by atoms with Gasteiger partial charge in [-0.1, -0.05) is 40.7 Å². The van der Waals surface area contributed by atoms with Crippen molar-refractivity contribution in [3.8, 4) is 0 Å². The molecule has 0 bridgehead atoms. The average Bonchev–Trinajstić information content (AvgIpc) is 3.20. The summed E-state index contributed by atoms with van der Waals surface area (Å²) in [5, 5.41) is 11.7. The van der Waals surface area contributed by atoms with Gasteiger partial charge in [0, 0.05) is 18.4 Å². The van der Waals surface area contributed by atoms with Gasteiger partial charge in [0.25, 0.3) is 0 Å². The normalized spacial score (nSPS) is 14.5. The van der Waals surface area contributed by atoms with Crippen LogP contribution in [0.5, 0.6) is 0 Å². The minimum Gasteiger partial charge on any atom is -0.384 e. The lowest BCUT2D eigenvalue weighted by molar-refractivity contribution is 0.506. The quantitative estimate of drug-likeness (QED) is 0.757. The summed E-state index contributed by atoms with van der Waals surface area (Å²) in [6.45, 7) is 12.6. The molecule has 4 rings (SSSR count). The molecule has 0 spiro atoms. The van der Waals surface area contributed by atoms with E-state index >= 15 is 0 Å². The summed E-state index contributed by atoms with van der Waals surface area (Å²) < 4.78 is 1.96. The first-order chi connectivity index (χ1) is 12.2. The van der Waals surface area contributed by atoms with E-state index in [1.165, 1.54) is 27.9 Å². The number of aromatic nitrogens is 3. The molecule has 1 aliphatic heterocycles. The Kier molecular flexibility index (Phi) is 3.83. The molecule has 0 saturated heterocycles. The van der Waals surface area contributed by atoms with E-state index in [9.17, 15) is 0 Å². The van der Waals surface area contributed by atoms with Crippen LogP contribution in [0.3, 0.4) is 0 Å². The molecule has 0 fully saturated rings. The first-order valence-corrected chi connectivity index (χ1v) is 9.44. The Morgan fingerprint density at radius 2 is 1.92 bits per heavy atom. The summed E-state index contributed by atoms with van der Waals surface area (Å²) in [4.78, 5) is 0. The standard InChI is InChI=1S/C22H28N4/c1-21(2,3)18-12-19-15(6-8-23-19)10-16(18)13-22(4,5)17-7-9-26-14-24-25-20(26)11-17/h7,9-12,14,23H,6,8,13H2,1-5H3. The fourth-order valence-corrected chi connectivity index (χ4v) is 4.06. The molecule has 4 nitrogen and oxygen atoms in total. The maximum Gasteiger partial charge on any atom is 0.160 e. The molecule has 136 valence electrons. The first-order valence-electron chi connectivity index (χ1n) is 9.44. The van der Waals surface area contributed by atoms with Crippen molar-refractivity contribution in [2.24, 2.45) is 0 Å². The van der Waals surface area contributed by atoms with E-state index in [0.717, 1.165) is 25.0 Å². The van der Waals surface area contributed by atoms with Crippen molar-refractivity contribution in [3.63, 3.8) is 0 Å². The summed E-state index contributed by atoms with van der Waals surface area (Å²) in [7, 11) is 0. The Bertz CT molecular complexity index is 960. The van der Waals surface area contributed by atoms with Gasteiger partial charge in [-0.05, 0) is 64.1 Å². The highest BCUT2D eigenvalue weighted by Crippen LogP contribution is 2.37. The Balaban J connectivity index is 1.75. The number of rotatable bonds is 3. The zero-order valence-electron chi connectivity index (χ0n) is 16.4. The number of pyridine rings is 1. The molecular weight excluding hydrogens is 320 g/mol. The largest absolute Gasteiger partial charge is 0.384 e. The van der Waals surface area contributed by atoms with Crippen LogP contribution in [0.2, 0.25) is 0 Å². The fraction of sp³-hybridized carbons (Fsp3) is 0.455. The molecule has 3 heterocycles. The first kappa shape index (κ1) is 17.1. The number of fused-ring (bicyclic) bond motifs is 2. The molecule has 26 heavy (non-hydrogen) atoms. The van der Waals surface area contributed by atoms with Crippen LogP contribution < -0.4 is 5.32 Å². The molecular formula is C22H28N4. The van der Waals surface area contributed by atoms with Crippen LogP contribution in [0, 0.1) is 0 Å². The Morgan fingerprint density at radius 3 is 2.69 bits per heavy atom. The lowest BCUT2D eigenvalue weighted by Gasteiger charge is -2.30. The molecule has 4 heteroatoms. The Hall–Kier alpha value is -2.36. The van der Waals surface area contributed by atoms with Crippen molar-refractivity contribution in [2.75, 3.05) is 11.9 Å². The molecule has 0 atom stereocenters. The molecule has 1 aromatic carbocycles. The summed E-state index contributed by atoms with van der Waals surface area (Å²) in [6, 6.07) is 9.18. The van der Waals surface area contributed by atoms with Crippen LogP contribution >= 0.6 is 0 Å². The fourth-order valence-electron chi connectivity index (χ4n) is 4.06. The number of hydrogen-bond donors (Lipinski definition) is 1. The van der Waals surface area contributed by atoms with E-state index in [2.05, 4.69) is 80.6 Å². The van der Waals surface area contributed by atoms with Gasteiger partial charge < -0.3 is 5.32 Å². The van der Waals surface area contributed by atoms with E-state index < -0.39 is 0 Å². The third-order valence-electron chi connectivity index (χ3n) is 5.56. The molecule has 1 aliphatic rings. The van der Waals surface area contributed by atoms with Gasteiger partial charge in [-0.25, -0.2) is 0 Å². The zero-order valence-corrected chi connectivity index (χ0v) is 16.4. The highest BCUT2D eigenvalue weighted by molar-refractivity contribution is 5.60. The molecule has 2 aromatic heterocycles. The summed E-state index contributed by atoms with van der Waals surface area (Å²) in [6.07, 6.45) is 5.94. The lowest BCUT2D eigenvalue weighted by Crippen LogP contribution is -2.24. The van der Waals surface area contributed by atoms with Crippen LogP contribution in [0.4, 0.5) is 5.69 Å². The van der Waals surface area contributed by atoms with Crippen molar-refractivity contribution in [1.29, 1.82) is 0 Å². The second-order valence-corrected chi connectivity index (χ2v) is 9.17. The number of nitrogens with zero attached hydrogens (tertiary/aromatic N) is 3. The molecule has 3 aromatic rings. The van der Waals surface area contributed by atoms with Gasteiger partial charge in [-0.15, -0.1) is 10.2 Å². The predicted octanol–water partition coefficient (Wildman–Crippen LogP) is 4.52. The SMILES string of the molecule is CC(C)(C)c1cc2c(cc1CC(C)(C)c1ccn3cnnc3c1)CCN2. The highest BCUT2D eigenvalue weighted by atomic mass is 15.2.